The molecule has 0 aromatic heterocycles. The molecule has 0 aliphatic carbocycles. The summed E-state index contributed by atoms with van der Waals surface area (Å²) in [6.07, 6.45) is 0.260. The molecule has 0 saturated carbocycles. The maximum absolute atomic E-state index is 13.8. The Balaban J connectivity index is 2.17. The summed E-state index contributed by atoms with van der Waals surface area (Å²) in [5.74, 6) is -0.739. The Labute approximate surface area is 125 Å². The minimum atomic E-state index is -1.21. The highest BCUT2D eigenvalue weighted by molar-refractivity contribution is 9.10. The Bertz CT molecular complexity index is 611. The predicted octanol–water partition coefficient (Wildman–Crippen LogP) is 4.26. The predicted molar refractivity (Wildman–Crippen MR) is 78.5 cm³/mol. The first-order valence-electron chi connectivity index (χ1n) is 6.27. The van der Waals surface area contributed by atoms with Crippen molar-refractivity contribution in [2.75, 3.05) is 0 Å². The molecule has 0 aliphatic heterocycles. The highest BCUT2D eigenvalue weighted by atomic mass is 79.9. The fourth-order valence-electron chi connectivity index (χ4n) is 2.19. The molecule has 0 amide bonds. The minimum absolute atomic E-state index is 0.125. The Morgan fingerprint density at radius 3 is 2.20 bits per heavy atom. The first-order valence-corrected chi connectivity index (χ1v) is 7.06. The highest BCUT2D eigenvalue weighted by Crippen LogP contribution is 2.23. The SMILES string of the molecule is CC(O)(Cc1ccccc1F)Cc1ccc(Br)cc1F. The van der Waals surface area contributed by atoms with Crippen LogP contribution in [0.2, 0.25) is 0 Å². The summed E-state index contributed by atoms with van der Waals surface area (Å²) >= 11 is 3.19. The Morgan fingerprint density at radius 1 is 1.00 bits per heavy atom. The average Bonchev–Trinajstić information content (AvgIpc) is 2.35. The third-order valence-electron chi connectivity index (χ3n) is 3.12. The molecule has 2 rings (SSSR count). The topological polar surface area (TPSA) is 20.2 Å². The van der Waals surface area contributed by atoms with Crippen LogP contribution in [-0.4, -0.2) is 10.7 Å². The molecule has 2 aromatic carbocycles. The van der Waals surface area contributed by atoms with Gasteiger partial charge in [0.05, 0.1) is 5.60 Å². The standard InChI is InChI=1S/C16H15BrF2O/c1-16(20,9-11-4-2-3-5-14(11)18)10-12-6-7-13(17)8-15(12)19/h2-8,20H,9-10H2,1H3. The molecule has 1 N–H and O–H groups in total. The zero-order chi connectivity index (χ0) is 14.8. The van der Waals surface area contributed by atoms with Gasteiger partial charge in [0.25, 0.3) is 0 Å². The molecule has 0 fully saturated rings. The van der Waals surface area contributed by atoms with Gasteiger partial charge in [-0.05, 0) is 36.2 Å². The van der Waals surface area contributed by atoms with E-state index >= 15 is 0 Å². The minimum Gasteiger partial charge on any atom is -0.389 e. The van der Waals surface area contributed by atoms with E-state index in [0.717, 1.165) is 0 Å². The largest absolute Gasteiger partial charge is 0.389 e. The Hall–Kier alpha value is -1.26. The van der Waals surface area contributed by atoms with Crippen LogP contribution in [-0.2, 0) is 12.8 Å². The number of hydrogen-bond acceptors (Lipinski definition) is 1. The van der Waals surface area contributed by atoms with Crippen LogP contribution in [0.15, 0.2) is 46.9 Å². The molecule has 1 unspecified atom stereocenters. The molecule has 2 aromatic rings. The summed E-state index contributed by atoms with van der Waals surface area (Å²) in [6, 6.07) is 11.0. The van der Waals surface area contributed by atoms with Crippen LogP contribution in [0.3, 0.4) is 0 Å². The van der Waals surface area contributed by atoms with E-state index in [4.69, 9.17) is 0 Å². The quantitative estimate of drug-likeness (QED) is 0.881. The summed E-state index contributed by atoms with van der Waals surface area (Å²) in [4.78, 5) is 0. The van der Waals surface area contributed by atoms with Crippen molar-refractivity contribution in [3.05, 3.63) is 69.7 Å². The lowest BCUT2D eigenvalue weighted by Crippen LogP contribution is -2.31. The van der Waals surface area contributed by atoms with Gasteiger partial charge in [-0.15, -0.1) is 0 Å². The summed E-state index contributed by atoms with van der Waals surface area (Å²) < 4.78 is 28.0. The van der Waals surface area contributed by atoms with Crippen LogP contribution in [0.25, 0.3) is 0 Å². The maximum atomic E-state index is 13.8. The van der Waals surface area contributed by atoms with Gasteiger partial charge in [-0.2, -0.15) is 0 Å². The number of benzene rings is 2. The van der Waals surface area contributed by atoms with Gasteiger partial charge in [-0.1, -0.05) is 40.2 Å². The molecule has 0 heterocycles. The van der Waals surface area contributed by atoms with Crippen molar-refractivity contribution in [3.63, 3.8) is 0 Å². The third kappa shape index (κ3) is 3.87. The Morgan fingerprint density at radius 2 is 1.60 bits per heavy atom. The Kier molecular flexibility index (Phi) is 4.55. The van der Waals surface area contributed by atoms with Crippen LogP contribution in [0, 0.1) is 11.6 Å². The van der Waals surface area contributed by atoms with E-state index in [1.807, 2.05) is 0 Å². The van der Waals surface area contributed by atoms with Gasteiger partial charge in [-0.25, -0.2) is 8.78 Å². The molecule has 1 nitrogen and oxygen atoms in total. The van der Waals surface area contributed by atoms with Gasteiger partial charge in [-0.3, -0.25) is 0 Å². The van der Waals surface area contributed by atoms with Gasteiger partial charge in [0, 0.05) is 17.3 Å². The zero-order valence-corrected chi connectivity index (χ0v) is 12.6. The van der Waals surface area contributed by atoms with Gasteiger partial charge in [0.2, 0.25) is 0 Å². The summed E-state index contributed by atoms with van der Waals surface area (Å²) in [5, 5.41) is 10.4. The van der Waals surface area contributed by atoms with E-state index in [2.05, 4.69) is 15.9 Å². The van der Waals surface area contributed by atoms with E-state index in [0.29, 0.717) is 15.6 Å². The van der Waals surface area contributed by atoms with Crippen molar-refractivity contribution in [1.29, 1.82) is 0 Å². The van der Waals surface area contributed by atoms with Gasteiger partial charge in [0.15, 0.2) is 0 Å². The maximum Gasteiger partial charge on any atom is 0.127 e. The summed E-state index contributed by atoms with van der Waals surface area (Å²) in [5.41, 5.74) is -0.374. The van der Waals surface area contributed by atoms with E-state index in [1.165, 1.54) is 12.1 Å². The normalized spacial score (nSPS) is 14.1. The summed E-state index contributed by atoms with van der Waals surface area (Å²) in [7, 11) is 0. The van der Waals surface area contributed by atoms with Crippen molar-refractivity contribution in [2.24, 2.45) is 0 Å². The molecule has 0 spiro atoms. The fourth-order valence-corrected chi connectivity index (χ4v) is 2.52. The fraction of sp³-hybridized carbons (Fsp3) is 0.250. The molecule has 0 radical (unpaired) electrons. The van der Waals surface area contributed by atoms with Crippen LogP contribution in [0.4, 0.5) is 8.78 Å². The molecule has 106 valence electrons. The van der Waals surface area contributed by atoms with E-state index < -0.39 is 5.60 Å². The molecule has 0 bridgehead atoms. The zero-order valence-electron chi connectivity index (χ0n) is 11.0. The number of hydrogen-bond donors (Lipinski definition) is 1. The number of aliphatic hydroxyl groups is 1. The average molecular weight is 341 g/mol. The van der Waals surface area contributed by atoms with Crippen molar-refractivity contribution >= 4 is 15.9 Å². The molecular weight excluding hydrogens is 326 g/mol. The molecule has 0 saturated heterocycles. The van der Waals surface area contributed by atoms with Crippen LogP contribution in [0.5, 0.6) is 0 Å². The second-order valence-electron chi connectivity index (χ2n) is 5.18. The van der Waals surface area contributed by atoms with Crippen LogP contribution < -0.4 is 0 Å². The van der Waals surface area contributed by atoms with Crippen LogP contribution >= 0.6 is 15.9 Å². The first kappa shape index (κ1) is 15.1. The van der Waals surface area contributed by atoms with Crippen molar-refractivity contribution in [3.8, 4) is 0 Å². The highest BCUT2D eigenvalue weighted by Gasteiger charge is 2.24. The molecule has 20 heavy (non-hydrogen) atoms. The molecular formula is C16H15BrF2O. The van der Waals surface area contributed by atoms with Gasteiger partial charge in [0.1, 0.15) is 11.6 Å². The second kappa shape index (κ2) is 6.02. The molecule has 0 aliphatic rings. The lowest BCUT2D eigenvalue weighted by atomic mass is 9.89. The van der Waals surface area contributed by atoms with Crippen LogP contribution in [0.1, 0.15) is 18.1 Å². The monoisotopic (exact) mass is 340 g/mol. The lowest BCUT2D eigenvalue weighted by Gasteiger charge is -2.24. The number of rotatable bonds is 4. The van der Waals surface area contributed by atoms with E-state index in [-0.39, 0.29) is 24.5 Å². The smallest absolute Gasteiger partial charge is 0.127 e. The van der Waals surface area contributed by atoms with Gasteiger partial charge >= 0.3 is 0 Å². The lowest BCUT2D eigenvalue weighted by molar-refractivity contribution is 0.0590. The number of halogens is 3. The summed E-state index contributed by atoms with van der Waals surface area (Å²) in [6.45, 7) is 1.58. The molecule has 4 heteroatoms. The van der Waals surface area contributed by atoms with Crippen molar-refractivity contribution in [2.45, 2.75) is 25.4 Å². The third-order valence-corrected chi connectivity index (χ3v) is 3.61. The van der Waals surface area contributed by atoms with Crippen molar-refractivity contribution in [1.82, 2.24) is 0 Å². The van der Waals surface area contributed by atoms with Crippen molar-refractivity contribution < 1.29 is 13.9 Å². The molecule has 1 atom stereocenters. The first-order chi connectivity index (χ1) is 9.37. The van der Waals surface area contributed by atoms with Gasteiger partial charge < -0.3 is 5.11 Å². The second-order valence-corrected chi connectivity index (χ2v) is 6.09. The van der Waals surface area contributed by atoms with E-state index in [9.17, 15) is 13.9 Å². The van der Waals surface area contributed by atoms with E-state index in [1.54, 1.807) is 37.3 Å².